The Morgan fingerprint density at radius 3 is 1.85 bits per heavy atom. The highest BCUT2D eigenvalue weighted by molar-refractivity contribution is 8.03. The number of ether oxygens (including phenoxy) is 1. The smallest absolute Gasteiger partial charge is 0.349 e. The minimum Gasteiger partial charge on any atom is -0.511 e. The van der Waals surface area contributed by atoms with Gasteiger partial charge in [0.1, 0.15) is 10.7 Å². The molecule has 0 aliphatic carbocycles. The molecule has 0 bridgehead atoms. The number of carbonyl (C=O) groups is 1. The van der Waals surface area contributed by atoms with Gasteiger partial charge in [0, 0.05) is 16.9 Å². The lowest BCUT2D eigenvalue weighted by Crippen LogP contribution is -2.38. The fraction of sp³-hybridized carbons (Fsp3) is 0.100. The van der Waals surface area contributed by atoms with E-state index in [1.165, 1.54) is 11.8 Å². The van der Waals surface area contributed by atoms with E-state index in [0.717, 1.165) is 27.8 Å². The van der Waals surface area contributed by atoms with Crippen molar-refractivity contribution in [1.29, 1.82) is 0 Å². The van der Waals surface area contributed by atoms with Crippen LogP contribution in [0.5, 0.6) is 0 Å². The quantitative estimate of drug-likeness (QED) is 0.305. The SMILES string of the molecule is O=C1OC(c2ccccc2)(c2ccccc2)CC(O)=C1SCc1ccccc1-c1ccccc1. The lowest BCUT2D eigenvalue weighted by atomic mass is 9.81. The maximum absolute atomic E-state index is 13.3. The number of thioether (sulfide) groups is 1. The van der Waals surface area contributed by atoms with Crippen molar-refractivity contribution in [2.75, 3.05) is 0 Å². The first-order valence-corrected chi connectivity index (χ1v) is 12.2. The van der Waals surface area contributed by atoms with Gasteiger partial charge < -0.3 is 9.84 Å². The first-order chi connectivity index (χ1) is 16.7. The number of aliphatic hydroxyl groups excluding tert-OH is 1. The molecule has 0 fully saturated rings. The third-order valence-electron chi connectivity index (χ3n) is 6.09. The highest BCUT2D eigenvalue weighted by Crippen LogP contribution is 2.45. The normalized spacial score (nSPS) is 15.1. The number of rotatable bonds is 6. The van der Waals surface area contributed by atoms with Crippen LogP contribution in [0.25, 0.3) is 11.1 Å². The molecule has 34 heavy (non-hydrogen) atoms. The molecule has 1 N–H and O–H groups in total. The Kier molecular flexibility index (Phi) is 6.24. The Hall–Kier alpha value is -3.76. The largest absolute Gasteiger partial charge is 0.511 e. The zero-order valence-corrected chi connectivity index (χ0v) is 19.4. The van der Waals surface area contributed by atoms with Gasteiger partial charge >= 0.3 is 5.97 Å². The van der Waals surface area contributed by atoms with Gasteiger partial charge in [0.05, 0.1) is 6.42 Å². The Labute approximate surface area is 203 Å². The van der Waals surface area contributed by atoms with Crippen LogP contribution >= 0.6 is 11.8 Å². The highest BCUT2D eigenvalue weighted by Gasteiger charge is 2.45. The van der Waals surface area contributed by atoms with Gasteiger partial charge in [0.15, 0.2) is 5.60 Å². The number of benzene rings is 4. The maximum Gasteiger partial charge on any atom is 0.349 e. The van der Waals surface area contributed by atoms with E-state index in [-0.39, 0.29) is 17.1 Å². The van der Waals surface area contributed by atoms with Crippen LogP contribution in [-0.4, -0.2) is 11.1 Å². The fourth-order valence-electron chi connectivity index (χ4n) is 4.42. The number of hydrogen-bond acceptors (Lipinski definition) is 4. The van der Waals surface area contributed by atoms with Crippen LogP contribution in [0.3, 0.4) is 0 Å². The second-order valence-electron chi connectivity index (χ2n) is 8.21. The summed E-state index contributed by atoms with van der Waals surface area (Å²) in [6.07, 6.45) is 0.190. The standard InChI is InChI=1S/C30H24O3S/c31-27-20-30(24-15-6-2-7-16-24,25-17-8-3-9-18-25)33-29(32)28(27)34-21-23-14-10-11-19-26(23)22-12-4-1-5-13-22/h1-19,31H,20-21H2. The second-order valence-corrected chi connectivity index (χ2v) is 9.20. The maximum atomic E-state index is 13.3. The Morgan fingerprint density at radius 1 is 0.735 bits per heavy atom. The average Bonchev–Trinajstić information content (AvgIpc) is 2.90. The third kappa shape index (κ3) is 4.25. The summed E-state index contributed by atoms with van der Waals surface area (Å²) in [5, 5.41) is 11.1. The van der Waals surface area contributed by atoms with E-state index in [1.807, 2.05) is 91.0 Å². The molecule has 4 aromatic rings. The molecule has 4 heteroatoms. The predicted molar refractivity (Wildman–Crippen MR) is 137 cm³/mol. The summed E-state index contributed by atoms with van der Waals surface area (Å²) in [7, 11) is 0. The van der Waals surface area contributed by atoms with E-state index >= 15 is 0 Å². The van der Waals surface area contributed by atoms with Gasteiger partial charge in [-0.25, -0.2) is 4.79 Å². The number of cyclic esters (lactones) is 1. The van der Waals surface area contributed by atoms with Crippen molar-refractivity contribution in [2.45, 2.75) is 17.8 Å². The average molecular weight is 465 g/mol. The van der Waals surface area contributed by atoms with Crippen molar-refractivity contribution < 1.29 is 14.6 Å². The van der Waals surface area contributed by atoms with Gasteiger partial charge in [0.25, 0.3) is 0 Å². The van der Waals surface area contributed by atoms with E-state index in [0.29, 0.717) is 5.75 Å². The molecule has 4 aromatic carbocycles. The summed E-state index contributed by atoms with van der Waals surface area (Å²) in [5.74, 6) is 0.105. The fourth-order valence-corrected chi connectivity index (χ4v) is 5.37. The zero-order chi connectivity index (χ0) is 23.4. The summed E-state index contributed by atoms with van der Waals surface area (Å²) in [4.78, 5) is 13.6. The molecule has 0 aromatic heterocycles. The van der Waals surface area contributed by atoms with Crippen LogP contribution in [0.4, 0.5) is 0 Å². The molecule has 1 aliphatic rings. The summed E-state index contributed by atoms with van der Waals surface area (Å²) in [5.41, 5.74) is 3.93. The first kappa shape index (κ1) is 22.1. The van der Waals surface area contributed by atoms with Crippen LogP contribution in [0, 0.1) is 0 Å². The number of esters is 1. The van der Waals surface area contributed by atoms with E-state index < -0.39 is 11.6 Å². The lowest BCUT2D eigenvalue weighted by Gasteiger charge is -2.37. The molecular formula is C30H24O3S. The monoisotopic (exact) mass is 464 g/mol. The van der Waals surface area contributed by atoms with Gasteiger partial charge in [-0.1, -0.05) is 115 Å². The molecule has 0 spiro atoms. The van der Waals surface area contributed by atoms with Crippen LogP contribution in [-0.2, 0) is 20.9 Å². The predicted octanol–water partition coefficient (Wildman–Crippen LogP) is 7.25. The van der Waals surface area contributed by atoms with Gasteiger partial charge in [0.2, 0.25) is 0 Å². The number of aliphatic hydroxyl groups is 1. The molecule has 0 radical (unpaired) electrons. The van der Waals surface area contributed by atoms with Crippen molar-refractivity contribution in [3.63, 3.8) is 0 Å². The van der Waals surface area contributed by atoms with E-state index in [2.05, 4.69) is 24.3 Å². The van der Waals surface area contributed by atoms with Crippen molar-refractivity contribution in [1.82, 2.24) is 0 Å². The van der Waals surface area contributed by atoms with E-state index in [4.69, 9.17) is 4.74 Å². The van der Waals surface area contributed by atoms with Crippen molar-refractivity contribution in [2.24, 2.45) is 0 Å². The van der Waals surface area contributed by atoms with Gasteiger partial charge in [-0.3, -0.25) is 0 Å². The summed E-state index contributed by atoms with van der Waals surface area (Å²) in [6.45, 7) is 0. The third-order valence-corrected chi connectivity index (χ3v) is 7.23. The summed E-state index contributed by atoms with van der Waals surface area (Å²) >= 11 is 1.32. The van der Waals surface area contributed by atoms with Crippen molar-refractivity contribution >= 4 is 17.7 Å². The second kappa shape index (κ2) is 9.62. The topological polar surface area (TPSA) is 46.5 Å². The summed E-state index contributed by atoms with van der Waals surface area (Å²) in [6, 6.07) is 37.5. The molecule has 1 aliphatic heterocycles. The Morgan fingerprint density at radius 2 is 1.26 bits per heavy atom. The minimum absolute atomic E-state index is 0.0612. The number of carbonyl (C=O) groups excluding carboxylic acids is 1. The summed E-state index contributed by atoms with van der Waals surface area (Å²) < 4.78 is 6.15. The molecule has 0 atom stereocenters. The molecule has 0 saturated heterocycles. The highest BCUT2D eigenvalue weighted by atomic mass is 32.2. The lowest BCUT2D eigenvalue weighted by molar-refractivity contribution is -0.154. The Balaban J connectivity index is 1.46. The number of hydrogen-bond donors (Lipinski definition) is 1. The first-order valence-electron chi connectivity index (χ1n) is 11.2. The van der Waals surface area contributed by atoms with Crippen LogP contribution < -0.4 is 0 Å². The van der Waals surface area contributed by atoms with Crippen molar-refractivity contribution in [3.8, 4) is 11.1 Å². The molecule has 5 rings (SSSR count). The van der Waals surface area contributed by atoms with Crippen molar-refractivity contribution in [3.05, 3.63) is 143 Å². The molecule has 0 unspecified atom stereocenters. The minimum atomic E-state index is -1.06. The van der Waals surface area contributed by atoms with Gasteiger partial charge in [-0.05, 0) is 16.7 Å². The van der Waals surface area contributed by atoms with Gasteiger partial charge in [-0.15, -0.1) is 11.8 Å². The van der Waals surface area contributed by atoms with Crippen LogP contribution in [0.2, 0.25) is 0 Å². The Bertz CT molecular complexity index is 1280. The molecule has 0 saturated carbocycles. The molecule has 3 nitrogen and oxygen atoms in total. The van der Waals surface area contributed by atoms with E-state index in [9.17, 15) is 9.90 Å². The van der Waals surface area contributed by atoms with E-state index in [1.54, 1.807) is 0 Å². The molecule has 0 amide bonds. The molecule has 1 heterocycles. The van der Waals surface area contributed by atoms with Crippen LogP contribution in [0.15, 0.2) is 126 Å². The van der Waals surface area contributed by atoms with Crippen LogP contribution in [0.1, 0.15) is 23.1 Å². The molecule has 168 valence electrons. The molecular weight excluding hydrogens is 440 g/mol. The van der Waals surface area contributed by atoms with Gasteiger partial charge in [-0.2, -0.15) is 0 Å². The zero-order valence-electron chi connectivity index (χ0n) is 18.6.